The van der Waals surface area contributed by atoms with Crippen molar-refractivity contribution < 1.29 is 17.9 Å². The maximum Gasteiger partial charge on any atom is 0.252 e. The van der Waals surface area contributed by atoms with E-state index in [4.69, 9.17) is 4.74 Å². The van der Waals surface area contributed by atoms with E-state index in [-0.39, 0.29) is 16.8 Å². The van der Waals surface area contributed by atoms with Gasteiger partial charge in [-0.1, -0.05) is 30.3 Å². The number of carbonyl (C=O) groups excluding carboxylic acids is 1. The summed E-state index contributed by atoms with van der Waals surface area (Å²) in [5.74, 6) is -0.238. The average Bonchev–Trinajstić information content (AvgIpc) is 3.11. The molecule has 1 N–H and O–H groups in total. The number of fused-ring (bicyclic) bond motifs is 1. The lowest BCUT2D eigenvalue weighted by Gasteiger charge is -2.26. The molecule has 1 heterocycles. The van der Waals surface area contributed by atoms with E-state index in [1.807, 2.05) is 25.1 Å². The number of aryl methyl sites for hydroxylation is 2. The fourth-order valence-electron chi connectivity index (χ4n) is 3.89. The van der Waals surface area contributed by atoms with Crippen molar-refractivity contribution in [3.8, 4) is 0 Å². The lowest BCUT2D eigenvalue weighted by molar-refractivity contribution is 0.0730. The average molecular weight is 401 g/mol. The monoisotopic (exact) mass is 400 g/mol. The van der Waals surface area contributed by atoms with Gasteiger partial charge in [0.2, 0.25) is 10.0 Å². The summed E-state index contributed by atoms with van der Waals surface area (Å²) < 4.78 is 32.5. The number of benzene rings is 2. The Bertz CT molecular complexity index is 997. The van der Waals surface area contributed by atoms with Crippen LogP contribution in [0.3, 0.4) is 0 Å². The van der Waals surface area contributed by atoms with E-state index >= 15 is 0 Å². The summed E-state index contributed by atoms with van der Waals surface area (Å²) in [7, 11) is -3.64. The van der Waals surface area contributed by atoms with Crippen molar-refractivity contribution in [3.05, 3.63) is 64.7 Å². The Hall–Kier alpha value is -2.22. The number of nitrogens with zero attached hydrogens (tertiary/aromatic N) is 1. The van der Waals surface area contributed by atoms with E-state index in [2.05, 4.69) is 11.4 Å². The molecule has 7 heteroatoms. The Balaban J connectivity index is 1.58. The number of morpholine rings is 1. The lowest BCUT2D eigenvalue weighted by Crippen LogP contribution is -2.40. The van der Waals surface area contributed by atoms with Crippen molar-refractivity contribution in [1.29, 1.82) is 0 Å². The first-order valence-corrected chi connectivity index (χ1v) is 11.0. The molecule has 1 fully saturated rings. The molecule has 0 bridgehead atoms. The molecule has 1 amide bonds. The van der Waals surface area contributed by atoms with Gasteiger partial charge in [-0.15, -0.1) is 0 Å². The molecule has 0 aromatic heterocycles. The maximum atomic E-state index is 12.9. The highest BCUT2D eigenvalue weighted by Gasteiger charge is 2.28. The Morgan fingerprint density at radius 3 is 2.68 bits per heavy atom. The second-order valence-electron chi connectivity index (χ2n) is 7.26. The quantitative estimate of drug-likeness (QED) is 0.855. The molecule has 28 heavy (non-hydrogen) atoms. The molecule has 1 saturated heterocycles. The largest absolute Gasteiger partial charge is 0.379 e. The van der Waals surface area contributed by atoms with Crippen LogP contribution in [-0.2, 0) is 21.2 Å². The highest BCUT2D eigenvalue weighted by Crippen LogP contribution is 2.31. The minimum atomic E-state index is -3.64. The van der Waals surface area contributed by atoms with Crippen LogP contribution in [0.2, 0.25) is 0 Å². The molecular weight excluding hydrogens is 376 g/mol. The van der Waals surface area contributed by atoms with Crippen LogP contribution < -0.4 is 5.32 Å². The number of hydrogen-bond donors (Lipinski definition) is 1. The number of nitrogens with one attached hydrogen (secondary N) is 1. The first-order valence-electron chi connectivity index (χ1n) is 9.54. The van der Waals surface area contributed by atoms with Gasteiger partial charge in [-0.25, -0.2) is 8.42 Å². The van der Waals surface area contributed by atoms with Crippen LogP contribution in [-0.4, -0.2) is 44.9 Å². The summed E-state index contributed by atoms with van der Waals surface area (Å²) in [6, 6.07) is 12.8. The molecule has 4 rings (SSSR count). The van der Waals surface area contributed by atoms with E-state index in [0.717, 1.165) is 24.0 Å². The third-order valence-corrected chi connectivity index (χ3v) is 7.39. The second kappa shape index (κ2) is 7.66. The Labute approximate surface area is 165 Å². The molecule has 2 aromatic carbocycles. The minimum absolute atomic E-state index is 0.0393. The molecule has 2 aromatic rings. The summed E-state index contributed by atoms with van der Waals surface area (Å²) >= 11 is 0. The van der Waals surface area contributed by atoms with E-state index in [1.165, 1.54) is 15.9 Å². The predicted octanol–water partition coefficient (Wildman–Crippen LogP) is 2.43. The summed E-state index contributed by atoms with van der Waals surface area (Å²) in [6.45, 7) is 3.26. The summed E-state index contributed by atoms with van der Waals surface area (Å²) in [5, 5.41) is 3.08. The lowest BCUT2D eigenvalue weighted by atomic mass is 10.1. The Kier molecular flexibility index (Phi) is 5.23. The van der Waals surface area contributed by atoms with Crippen LogP contribution in [0.15, 0.2) is 47.4 Å². The van der Waals surface area contributed by atoms with Gasteiger partial charge in [0.05, 0.1) is 24.2 Å². The van der Waals surface area contributed by atoms with E-state index in [1.54, 1.807) is 12.1 Å². The minimum Gasteiger partial charge on any atom is -0.379 e. The maximum absolute atomic E-state index is 12.9. The first kappa shape index (κ1) is 19.1. The van der Waals surface area contributed by atoms with Crippen molar-refractivity contribution >= 4 is 15.9 Å². The van der Waals surface area contributed by atoms with Crippen molar-refractivity contribution in [2.75, 3.05) is 26.3 Å². The van der Waals surface area contributed by atoms with Gasteiger partial charge in [-0.3, -0.25) is 4.79 Å². The third kappa shape index (κ3) is 3.57. The zero-order valence-electron chi connectivity index (χ0n) is 15.8. The van der Waals surface area contributed by atoms with Gasteiger partial charge in [0.25, 0.3) is 5.91 Å². The SMILES string of the molecule is Cc1ccc(S(=O)(=O)N2CCOCC2)cc1C(=O)NC1CCc2ccccc21. The number of rotatable bonds is 4. The third-order valence-electron chi connectivity index (χ3n) is 5.50. The highest BCUT2D eigenvalue weighted by atomic mass is 32.2. The highest BCUT2D eigenvalue weighted by molar-refractivity contribution is 7.89. The summed E-state index contributed by atoms with van der Waals surface area (Å²) in [6.07, 6.45) is 1.79. The number of carbonyl (C=O) groups is 1. The predicted molar refractivity (Wildman–Crippen MR) is 106 cm³/mol. The van der Waals surface area contributed by atoms with Crippen LogP contribution >= 0.6 is 0 Å². The van der Waals surface area contributed by atoms with Gasteiger partial charge in [0.15, 0.2) is 0 Å². The molecule has 0 radical (unpaired) electrons. The van der Waals surface area contributed by atoms with Crippen molar-refractivity contribution in [1.82, 2.24) is 9.62 Å². The zero-order chi connectivity index (χ0) is 19.7. The van der Waals surface area contributed by atoms with E-state index in [0.29, 0.717) is 31.9 Å². The Morgan fingerprint density at radius 2 is 1.89 bits per heavy atom. The summed E-state index contributed by atoms with van der Waals surface area (Å²) in [5.41, 5.74) is 3.56. The molecule has 0 spiro atoms. The van der Waals surface area contributed by atoms with Crippen molar-refractivity contribution in [3.63, 3.8) is 0 Å². The zero-order valence-corrected chi connectivity index (χ0v) is 16.7. The molecule has 148 valence electrons. The molecule has 6 nitrogen and oxygen atoms in total. The topological polar surface area (TPSA) is 75.7 Å². The van der Waals surface area contributed by atoms with Gasteiger partial charge < -0.3 is 10.1 Å². The molecule has 1 unspecified atom stereocenters. The van der Waals surface area contributed by atoms with Gasteiger partial charge >= 0.3 is 0 Å². The van der Waals surface area contributed by atoms with Gasteiger partial charge in [0, 0.05) is 18.7 Å². The normalized spacial score (nSPS) is 20.0. The van der Waals surface area contributed by atoms with Crippen LogP contribution in [0, 0.1) is 6.92 Å². The van der Waals surface area contributed by atoms with Crippen molar-refractivity contribution in [2.24, 2.45) is 0 Å². The Morgan fingerprint density at radius 1 is 1.14 bits per heavy atom. The molecule has 1 aliphatic carbocycles. The fraction of sp³-hybridized carbons (Fsp3) is 0.381. The van der Waals surface area contributed by atoms with Crippen LogP contribution in [0.1, 0.15) is 39.5 Å². The smallest absolute Gasteiger partial charge is 0.252 e. The van der Waals surface area contributed by atoms with Gasteiger partial charge in [-0.2, -0.15) is 4.31 Å². The molecule has 2 aliphatic rings. The number of hydrogen-bond acceptors (Lipinski definition) is 4. The summed E-state index contributed by atoms with van der Waals surface area (Å²) in [4.78, 5) is 13.1. The standard InChI is InChI=1S/C21H24N2O4S/c1-15-6-8-17(28(25,26)23-10-12-27-13-11-23)14-19(15)21(24)22-20-9-7-16-4-2-3-5-18(16)20/h2-6,8,14,20H,7,9-13H2,1H3,(H,22,24). The molecular formula is C21H24N2O4S. The first-order chi connectivity index (χ1) is 13.5. The van der Waals surface area contributed by atoms with Gasteiger partial charge in [-0.05, 0) is 48.6 Å². The number of amides is 1. The number of sulfonamides is 1. The number of ether oxygens (including phenoxy) is 1. The van der Waals surface area contributed by atoms with E-state index < -0.39 is 10.0 Å². The van der Waals surface area contributed by atoms with Gasteiger partial charge in [0.1, 0.15) is 0 Å². The van der Waals surface area contributed by atoms with Crippen LogP contribution in [0.5, 0.6) is 0 Å². The molecule has 0 saturated carbocycles. The van der Waals surface area contributed by atoms with E-state index in [9.17, 15) is 13.2 Å². The van der Waals surface area contributed by atoms with Crippen molar-refractivity contribution in [2.45, 2.75) is 30.7 Å². The molecule has 1 aliphatic heterocycles. The van der Waals surface area contributed by atoms with Crippen LogP contribution in [0.4, 0.5) is 0 Å². The van der Waals surface area contributed by atoms with Crippen LogP contribution in [0.25, 0.3) is 0 Å². The molecule has 1 atom stereocenters. The fourth-order valence-corrected chi connectivity index (χ4v) is 5.32. The second-order valence-corrected chi connectivity index (χ2v) is 9.19.